The monoisotopic (exact) mass is 410 g/mol. The molecular formula is C19H23IO2. The van der Waals surface area contributed by atoms with Gasteiger partial charge in [-0.1, -0.05) is 42.8 Å². The summed E-state index contributed by atoms with van der Waals surface area (Å²) in [5.41, 5.74) is 2.51. The summed E-state index contributed by atoms with van der Waals surface area (Å²) in [6.45, 7) is 6.53. The number of halogens is 1. The van der Waals surface area contributed by atoms with Crippen molar-refractivity contribution in [3.05, 3.63) is 23.3 Å². The van der Waals surface area contributed by atoms with Crippen molar-refractivity contribution >= 4 is 28.9 Å². The minimum atomic E-state index is -0.137. The standard InChI is InChI=1S/C19H23IO2/c1-15-10-11-17(19(2,3)16(15)12-14-21)18(22-4)9-7-5-6-8-13-20/h5-6,14,17-18H,10-12H2,1-4H3/b6-5+/t17-,18+/m0/s1. The van der Waals surface area contributed by atoms with Crippen molar-refractivity contribution in [2.24, 2.45) is 11.3 Å². The van der Waals surface area contributed by atoms with E-state index in [0.717, 1.165) is 19.1 Å². The third-order valence-electron chi connectivity index (χ3n) is 4.49. The Morgan fingerprint density at radius 1 is 1.41 bits per heavy atom. The maximum atomic E-state index is 11.0. The van der Waals surface area contributed by atoms with Gasteiger partial charge in [0.05, 0.1) is 0 Å². The Morgan fingerprint density at radius 2 is 2.09 bits per heavy atom. The zero-order valence-electron chi connectivity index (χ0n) is 13.7. The molecule has 1 aliphatic carbocycles. The van der Waals surface area contributed by atoms with Crippen LogP contribution in [-0.2, 0) is 9.53 Å². The molecule has 0 aromatic heterocycles. The summed E-state index contributed by atoms with van der Waals surface area (Å²) in [6.07, 6.45) is 6.90. The first-order chi connectivity index (χ1) is 10.5. The summed E-state index contributed by atoms with van der Waals surface area (Å²) < 4.78 is 8.40. The number of allylic oxidation sites excluding steroid dienone is 4. The van der Waals surface area contributed by atoms with Crippen molar-refractivity contribution in [3.8, 4) is 21.7 Å². The molecule has 118 valence electrons. The molecular weight excluding hydrogens is 387 g/mol. The highest BCUT2D eigenvalue weighted by Crippen LogP contribution is 2.47. The third-order valence-corrected chi connectivity index (χ3v) is 4.80. The second-order valence-electron chi connectivity index (χ2n) is 6.01. The van der Waals surface area contributed by atoms with E-state index in [1.807, 2.05) is 22.6 Å². The van der Waals surface area contributed by atoms with Gasteiger partial charge >= 0.3 is 0 Å². The minimum absolute atomic E-state index is 0.0790. The van der Waals surface area contributed by atoms with E-state index in [-0.39, 0.29) is 17.4 Å². The van der Waals surface area contributed by atoms with E-state index in [2.05, 4.69) is 42.5 Å². The Hall–Kier alpha value is -1.04. The van der Waals surface area contributed by atoms with Crippen LogP contribution < -0.4 is 0 Å². The van der Waals surface area contributed by atoms with Crippen molar-refractivity contribution in [2.45, 2.75) is 46.1 Å². The Bertz CT molecular complexity index is 576. The molecule has 0 aromatic carbocycles. The lowest BCUT2D eigenvalue weighted by Crippen LogP contribution is -2.39. The van der Waals surface area contributed by atoms with Gasteiger partial charge in [0.15, 0.2) is 0 Å². The molecule has 0 bridgehead atoms. The van der Waals surface area contributed by atoms with Crippen molar-refractivity contribution in [3.63, 3.8) is 0 Å². The van der Waals surface area contributed by atoms with Gasteiger partial charge in [-0.15, -0.1) is 0 Å². The van der Waals surface area contributed by atoms with Crippen LogP contribution in [0.4, 0.5) is 0 Å². The lowest BCUT2D eigenvalue weighted by atomic mass is 9.63. The molecule has 0 aliphatic heterocycles. The van der Waals surface area contributed by atoms with Gasteiger partial charge in [0, 0.05) is 42.0 Å². The van der Waals surface area contributed by atoms with Crippen molar-refractivity contribution in [2.75, 3.05) is 7.11 Å². The second-order valence-corrected chi connectivity index (χ2v) is 6.55. The molecule has 0 saturated heterocycles. The molecule has 0 spiro atoms. The number of hydrogen-bond acceptors (Lipinski definition) is 2. The van der Waals surface area contributed by atoms with Crippen LogP contribution in [0.5, 0.6) is 0 Å². The Kier molecular flexibility index (Phi) is 7.93. The highest BCUT2D eigenvalue weighted by atomic mass is 127. The van der Waals surface area contributed by atoms with Gasteiger partial charge in [-0.05, 0) is 41.3 Å². The molecule has 22 heavy (non-hydrogen) atoms. The highest BCUT2D eigenvalue weighted by molar-refractivity contribution is 14.1. The van der Waals surface area contributed by atoms with Gasteiger partial charge < -0.3 is 9.53 Å². The molecule has 1 rings (SSSR count). The number of rotatable bonds is 4. The maximum Gasteiger partial charge on any atom is 0.124 e. The van der Waals surface area contributed by atoms with E-state index in [1.54, 1.807) is 19.3 Å². The van der Waals surface area contributed by atoms with Gasteiger partial charge in [0.1, 0.15) is 12.4 Å². The molecule has 0 radical (unpaired) electrons. The number of methoxy groups -OCH3 is 1. The first-order valence-electron chi connectivity index (χ1n) is 7.41. The van der Waals surface area contributed by atoms with Crippen LogP contribution in [0.15, 0.2) is 23.3 Å². The van der Waals surface area contributed by atoms with Crippen LogP contribution in [0.25, 0.3) is 0 Å². The fraction of sp³-hybridized carbons (Fsp3) is 0.526. The van der Waals surface area contributed by atoms with Gasteiger partial charge in [-0.3, -0.25) is 0 Å². The fourth-order valence-corrected chi connectivity index (χ4v) is 3.46. The number of carbonyl (C=O) groups is 1. The molecule has 1 aliphatic rings. The summed E-state index contributed by atoms with van der Waals surface area (Å²) in [4.78, 5) is 11.0. The molecule has 0 aromatic rings. The molecule has 2 atom stereocenters. The SMILES string of the molecule is CO[C@H](C#C/C=C/C#CI)[C@@H]1CCC(C)=C(CC=O)C1(C)C. The normalized spacial score (nSPS) is 21.6. The summed E-state index contributed by atoms with van der Waals surface area (Å²) >= 11 is 1.99. The van der Waals surface area contributed by atoms with E-state index < -0.39 is 0 Å². The number of carbonyl (C=O) groups excluding carboxylic acids is 1. The Morgan fingerprint density at radius 3 is 2.68 bits per heavy atom. The van der Waals surface area contributed by atoms with Crippen molar-refractivity contribution < 1.29 is 9.53 Å². The largest absolute Gasteiger partial charge is 0.368 e. The predicted octanol–water partition coefficient (Wildman–Crippen LogP) is 4.30. The summed E-state index contributed by atoms with van der Waals surface area (Å²) in [7, 11) is 1.70. The van der Waals surface area contributed by atoms with Crippen LogP contribution in [0.3, 0.4) is 0 Å². The Balaban J connectivity index is 3.02. The third kappa shape index (κ3) is 4.73. The van der Waals surface area contributed by atoms with Crippen molar-refractivity contribution in [1.82, 2.24) is 0 Å². The molecule has 2 nitrogen and oxygen atoms in total. The first-order valence-corrected chi connectivity index (χ1v) is 8.49. The van der Waals surface area contributed by atoms with Crippen molar-refractivity contribution in [1.29, 1.82) is 0 Å². The molecule has 0 fully saturated rings. The van der Waals surface area contributed by atoms with Gasteiger partial charge in [-0.2, -0.15) is 0 Å². The molecule has 0 unspecified atom stereocenters. The van der Waals surface area contributed by atoms with E-state index in [0.29, 0.717) is 6.42 Å². The van der Waals surface area contributed by atoms with E-state index in [1.165, 1.54) is 11.1 Å². The smallest absolute Gasteiger partial charge is 0.124 e. The Labute approximate surface area is 147 Å². The van der Waals surface area contributed by atoms with E-state index in [9.17, 15) is 4.79 Å². The lowest BCUT2D eigenvalue weighted by Gasteiger charge is -2.43. The molecule has 0 saturated carbocycles. The zero-order valence-corrected chi connectivity index (χ0v) is 15.9. The molecule has 3 heteroatoms. The van der Waals surface area contributed by atoms with E-state index >= 15 is 0 Å². The second kappa shape index (κ2) is 9.18. The molecule has 0 amide bonds. The minimum Gasteiger partial charge on any atom is -0.368 e. The van der Waals surface area contributed by atoms with Crippen LogP contribution >= 0.6 is 22.6 Å². The molecule has 0 N–H and O–H groups in total. The van der Waals surface area contributed by atoms with E-state index in [4.69, 9.17) is 4.74 Å². The topological polar surface area (TPSA) is 26.3 Å². The van der Waals surface area contributed by atoms with Gasteiger partial charge in [0.2, 0.25) is 0 Å². The quantitative estimate of drug-likeness (QED) is 0.299. The zero-order chi connectivity index (χ0) is 16.6. The summed E-state index contributed by atoms with van der Waals surface area (Å²) in [5.74, 6) is 9.33. The number of ether oxygens (including phenoxy) is 1. The average molecular weight is 410 g/mol. The van der Waals surface area contributed by atoms with Crippen LogP contribution in [0.2, 0.25) is 0 Å². The predicted molar refractivity (Wildman–Crippen MR) is 99.4 cm³/mol. The maximum absolute atomic E-state index is 11.0. The molecule has 0 heterocycles. The number of aldehydes is 1. The summed E-state index contributed by atoms with van der Waals surface area (Å²) in [6, 6.07) is 0. The fourth-order valence-electron chi connectivity index (χ4n) is 3.28. The summed E-state index contributed by atoms with van der Waals surface area (Å²) in [5, 5.41) is 0. The van der Waals surface area contributed by atoms with Crippen LogP contribution in [0.1, 0.15) is 40.0 Å². The number of hydrogen-bond donors (Lipinski definition) is 0. The average Bonchev–Trinajstić information content (AvgIpc) is 2.48. The lowest BCUT2D eigenvalue weighted by molar-refractivity contribution is -0.107. The van der Waals surface area contributed by atoms with Crippen LogP contribution in [-0.4, -0.2) is 19.5 Å². The van der Waals surface area contributed by atoms with Gasteiger partial charge in [-0.25, -0.2) is 0 Å². The van der Waals surface area contributed by atoms with Crippen LogP contribution in [0, 0.1) is 33.0 Å². The van der Waals surface area contributed by atoms with Gasteiger partial charge in [0.25, 0.3) is 0 Å². The highest BCUT2D eigenvalue weighted by Gasteiger charge is 2.40. The first kappa shape index (κ1) is 19.0.